The lowest BCUT2D eigenvalue weighted by Crippen LogP contribution is -2.42. The quantitative estimate of drug-likeness (QED) is 0.788. The third kappa shape index (κ3) is 4.77. The predicted molar refractivity (Wildman–Crippen MR) is 87.5 cm³/mol. The summed E-state index contributed by atoms with van der Waals surface area (Å²) in [4.78, 5) is 14.2. The minimum atomic E-state index is -0.181. The van der Waals surface area contributed by atoms with Crippen molar-refractivity contribution in [1.82, 2.24) is 15.8 Å². The van der Waals surface area contributed by atoms with E-state index in [4.69, 9.17) is 4.74 Å². The summed E-state index contributed by atoms with van der Waals surface area (Å²) in [5.74, 6) is 0.574. The summed E-state index contributed by atoms with van der Waals surface area (Å²) < 4.78 is 5.57. The normalized spacial score (nSPS) is 15.1. The molecule has 0 radical (unpaired) electrons. The molecule has 1 aromatic carbocycles. The molecule has 5 nitrogen and oxygen atoms in total. The number of carbonyl (C=O) groups excluding carboxylic acids is 1. The Bertz CT molecular complexity index is 555. The third-order valence-electron chi connectivity index (χ3n) is 3.81. The minimum absolute atomic E-state index is 0.00561. The number of amides is 1. The lowest BCUT2D eigenvalue weighted by atomic mass is 10.1. The first-order valence-corrected chi connectivity index (χ1v) is 7.74. The first kappa shape index (κ1) is 16.4. The van der Waals surface area contributed by atoms with Crippen molar-refractivity contribution in [2.75, 3.05) is 26.2 Å². The molecule has 0 aliphatic carbocycles. The number of aryl methyl sites for hydroxylation is 2. The van der Waals surface area contributed by atoms with Crippen molar-refractivity contribution < 1.29 is 9.53 Å². The molecule has 5 heteroatoms. The van der Waals surface area contributed by atoms with Crippen LogP contribution in [-0.4, -0.2) is 37.0 Å². The molecule has 0 fully saturated rings. The van der Waals surface area contributed by atoms with Gasteiger partial charge in [-0.1, -0.05) is 19.1 Å². The van der Waals surface area contributed by atoms with Crippen LogP contribution in [0.2, 0.25) is 0 Å². The largest absolute Gasteiger partial charge is 0.483 e. The van der Waals surface area contributed by atoms with Crippen molar-refractivity contribution in [3.63, 3.8) is 0 Å². The highest BCUT2D eigenvalue weighted by Gasteiger charge is 2.10. The van der Waals surface area contributed by atoms with Gasteiger partial charge in [-0.2, -0.15) is 0 Å². The lowest BCUT2D eigenvalue weighted by molar-refractivity contribution is -0.123. The Kier molecular flexibility index (Phi) is 5.83. The third-order valence-corrected chi connectivity index (χ3v) is 3.81. The molecule has 0 atom stereocenters. The summed E-state index contributed by atoms with van der Waals surface area (Å²) in [6, 6.07) is 5.96. The van der Waals surface area contributed by atoms with Gasteiger partial charge in [-0.05, 0) is 43.7 Å². The van der Waals surface area contributed by atoms with E-state index >= 15 is 0 Å². The number of benzene rings is 1. The molecule has 1 aliphatic rings. The zero-order valence-corrected chi connectivity index (χ0v) is 13.6. The molecule has 22 heavy (non-hydrogen) atoms. The number of hydrazine groups is 1. The van der Waals surface area contributed by atoms with Gasteiger partial charge in [0, 0.05) is 25.2 Å². The van der Waals surface area contributed by atoms with Crippen molar-refractivity contribution in [3.05, 3.63) is 41.1 Å². The van der Waals surface area contributed by atoms with Crippen LogP contribution in [0.5, 0.6) is 5.75 Å². The first-order chi connectivity index (χ1) is 10.6. The molecule has 0 saturated heterocycles. The van der Waals surface area contributed by atoms with E-state index in [9.17, 15) is 4.79 Å². The van der Waals surface area contributed by atoms with Gasteiger partial charge in [0.2, 0.25) is 0 Å². The molecule has 1 amide bonds. The molecular weight excluding hydrogens is 278 g/mol. The maximum Gasteiger partial charge on any atom is 0.276 e. The van der Waals surface area contributed by atoms with E-state index in [2.05, 4.69) is 28.8 Å². The second-order valence-corrected chi connectivity index (χ2v) is 5.60. The molecule has 1 aliphatic heterocycles. The molecule has 0 aromatic heterocycles. The number of carbonyl (C=O) groups is 1. The highest BCUT2D eigenvalue weighted by Crippen LogP contribution is 2.18. The van der Waals surface area contributed by atoms with Gasteiger partial charge in [-0.3, -0.25) is 15.1 Å². The van der Waals surface area contributed by atoms with Crippen LogP contribution in [0, 0.1) is 13.8 Å². The van der Waals surface area contributed by atoms with E-state index in [1.54, 1.807) is 0 Å². The van der Waals surface area contributed by atoms with E-state index in [0.717, 1.165) is 48.6 Å². The van der Waals surface area contributed by atoms with Crippen LogP contribution in [0.4, 0.5) is 0 Å². The maximum absolute atomic E-state index is 11.8. The van der Waals surface area contributed by atoms with Gasteiger partial charge in [0.05, 0.1) is 0 Å². The highest BCUT2D eigenvalue weighted by molar-refractivity contribution is 5.77. The number of hydrogen-bond acceptors (Lipinski definition) is 4. The SMILES string of the molecule is CCN1CC=C(NNC(=O)COc2cc(C)ccc2C)CC1. The van der Waals surface area contributed by atoms with Crippen molar-refractivity contribution in [2.45, 2.75) is 27.2 Å². The number of likely N-dealkylation sites (N-methyl/N-ethyl adjacent to an activating group) is 1. The van der Waals surface area contributed by atoms with Crippen molar-refractivity contribution >= 4 is 5.91 Å². The first-order valence-electron chi connectivity index (χ1n) is 7.74. The molecule has 2 rings (SSSR count). The monoisotopic (exact) mass is 303 g/mol. The Balaban J connectivity index is 1.74. The van der Waals surface area contributed by atoms with Crippen LogP contribution in [0.1, 0.15) is 24.5 Å². The maximum atomic E-state index is 11.8. The summed E-state index contributed by atoms with van der Waals surface area (Å²) in [5.41, 5.74) is 8.88. The van der Waals surface area contributed by atoms with Crippen LogP contribution in [0.15, 0.2) is 30.0 Å². The summed E-state index contributed by atoms with van der Waals surface area (Å²) in [6.45, 7) is 9.13. The summed E-state index contributed by atoms with van der Waals surface area (Å²) in [7, 11) is 0. The average molecular weight is 303 g/mol. The second-order valence-electron chi connectivity index (χ2n) is 5.60. The van der Waals surface area contributed by atoms with E-state index in [0.29, 0.717) is 0 Å². The Morgan fingerprint density at radius 2 is 2.18 bits per heavy atom. The fourth-order valence-electron chi connectivity index (χ4n) is 2.30. The van der Waals surface area contributed by atoms with Gasteiger partial charge in [-0.15, -0.1) is 0 Å². The standard InChI is InChI=1S/C17H25N3O2/c1-4-20-9-7-15(8-10-20)18-19-17(21)12-22-16-11-13(2)5-6-14(16)3/h5-7,11,18H,4,8-10,12H2,1-3H3,(H,19,21). The molecule has 0 bridgehead atoms. The molecule has 120 valence electrons. The van der Waals surface area contributed by atoms with Gasteiger partial charge in [0.15, 0.2) is 6.61 Å². The number of nitrogens with zero attached hydrogens (tertiary/aromatic N) is 1. The fourth-order valence-corrected chi connectivity index (χ4v) is 2.30. The molecular formula is C17H25N3O2. The zero-order valence-electron chi connectivity index (χ0n) is 13.6. The van der Waals surface area contributed by atoms with Crippen LogP contribution in [0.25, 0.3) is 0 Å². The molecule has 0 spiro atoms. The van der Waals surface area contributed by atoms with Crippen molar-refractivity contribution in [3.8, 4) is 5.75 Å². The van der Waals surface area contributed by atoms with E-state index < -0.39 is 0 Å². The zero-order chi connectivity index (χ0) is 15.9. The minimum Gasteiger partial charge on any atom is -0.483 e. The smallest absolute Gasteiger partial charge is 0.276 e. The van der Waals surface area contributed by atoms with Gasteiger partial charge < -0.3 is 10.2 Å². The van der Waals surface area contributed by atoms with Crippen LogP contribution < -0.4 is 15.6 Å². The molecule has 1 heterocycles. The number of ether oxygens (including phenoxy) is 1. The van der Waals surface area contributed by atoms with Gasteiger partial charge in [-0.25, -0.2) is 0 Å². The van der Waals surface area contributed by atoms with E-state index in [1.165, 1.54) is 0 Å². The summed E-state index contributed by atoms with van der Waals surface area (Å²) in [5, 5.41) is 0. The lowest BCUT2D eigenvalue weighted by Gasteiger charge is -2.25. The van der Waals surface area contributed by atoms with Crippen LogP contribution >= 0.6 is 0 Å². The Hall–Kier alpha value is -2.01. The van der Waals surface area contributed by atoms with Crippen LogP contribution in [0.3, 0.4) is 0 Å². The van der Waals surface area contributed by atoms with Crippen molar-refractivity contribution in [1.29, 1.82) is 0 Å². The van der Waals surface area contributed by atoms with E-state index in [1.807, 2.05) is 32.0 Å². The topological polar surface area (TPSA) is 53.6 Å². The van der Waals surface area contributed by atoms with Gasteiger partial charge in [0.1, 0.15) is 5.75 Å². The van der Waals surface area contributed by atoms with Gasteiger partial charge in [0.25, 0.3) is 5.91 Å². The molecule has 1 aromatic rings. The number of rotatable bonds is 6. The fraction of sp³-hybridized carbons (Fsp3) is 0.471. The van der Waals surface area contributed by atoms with Crippen LogP contribution in [-0.2, 0) is 4.79 Å². The van der Waals surface area contributed by atoms with Gasteiger partial charge >= 0.3 is 0 Å². The van der Waals surface area contributed by atoms with E-state index in [-0.39, 0.29) is 12.5 Å². The molecule has 0 unspecified atom stereocenters. The predicted octanol–water partition coefficient (Wildman–Crippen LogP) is 1.91. The van der Waals surface area contributed by atoms with Crippen molar-refractivity contribution in [2.24, 2.45) is 0 Å². The average Bonchev–Trinajstić information content (AvgIpc) is 2.54. The molecule has 0 saturated carbocycles. The summed E-state index contributed by atoms with van der Waals surface area (Å²) in [6.07, 6.45) is 3.03. The Morgan fingerprint density at radius 1 is 1.36 bits per heavy atom. The molecule has 2 N–H and O–H groups in total. The Labute approximate surface area is 132 Å². The summed E-state index contributed by atoms with van der Waals surface area (Å²) >= 11 is 0. The highest BCUT2D eigenvalue weighted by atomic mass is 16.5. The second kappa shape index (κ2) is 7.84. The number of hydrogen-bond donors (Lipinski definition) is 2. The Morgan fingerprint density at radius 3 is 2.86 bits per heavy atom. The number of nitrogens with one attached hydrogen (secondary N) is 2.